The third-order valence-corrected chi connectivity index (χ3v) is 2.16. The smallest absolute Gasteiger partial charge is 0.0962 e. The molecule has 2 nitrogen and oxygen atoms in total. The van der Waals surface area contributed by atoms with Gasteiger partial charge in [-0.2, -0.15) is 0 Å². The van der Waals surface area contributed by atoms with Crippen LogP contribution in [0.3, 0.4) is 0 Å². The third-order valence-electron chi connectivity index (χ3n) is 1.52. The van der Waals surface area contributed by atoms with Gasteiger partial charge in [0.15, 0.2) is 0 Å². The van der Waals surface area contributed by atoms with E-state index in [2.05, 4.69) is 27.6 Å². The second kappa shape index (κ2) is 4.01. The number of hydrogen-bond donors (Lipinski definition) is 0. The number of aromatic nitrogens is 1. The van der Waals surface area contributed by atoms with Gasteiger partial charge in [0.2, 0.25) is 0 Å². The molecule has 0 fully saturated rings. The molecule has 1 rings (SSSR count). The van der Waals surface area contributed by atoms with Crippen LogP contribution >= 0.6 is 22.6 Å². The molecule has 0 aliphatic heterocycles. The van der Waals surface area contributed by atoms with E-state index in [-0.39, 0.29) is 6.10 Å². The van der Waals surface area contributed by atoms with Gasteiger partial charge in [0.05, 0.1) is 11.8 Å². The Morgan fingerprint density at radius 1 is 1.55 bits per heavy atom. The van der Waals surface area contributed by atoms with Crippen LogP contribution in [0.1, 0.15) is 18.7 Å². The number of ether oxygens (including phenoxy) is 1. The molecule has 0 bridgehead atoms. The zero-order chi connectivity index (χ0) is 8.27. The summed E-state index contributed by atoms with van der Waals surface area (Å²) in [5.41, 5.74) is 0.980. The Bertz CT molecular complexity index is 222. The van der Waals surface area contributed by atoms with Gasteiger partial charge < -0.3 is 4.74 Å². The largest absolute Gasteiger partial charge is 0.375 e. The first-order valence-electron chi connectivity index (χ1n) is 3.38. The van der Waals surface area contributed by atoms with Crippen LogP contribution in [0, 0.1) is 3.57 Å². The SMILES string of the molecule is CO[C@@H](C)c1ccc(I)cn1. The van der Waals surface area contributed by atoms with Gasteiger partial charge >= 0.3 is 0 Å². The van der Waals surface area contributed by atoms with Gasteiger partial charge in [-0.1, -0.05) is 0 Å². The van der Waals surface area contributed by atoms with Crippen molar-refractivity contribution >= 4 is 22.6 Å². The van der Waals surface area contributed by atoms with Crippen LogP contribution in [0.5, 0.6) is 0 Å². The second-order valence-corrected chi connectivity index (χ2v) is 3.52. The highest BCUT2D eigenvalue weighted by Gasteiger charge is 2.02. The van der Waals surface area contributed by atoms with Crippen LogP contribution in [0.15, 0.2) is 18.3 Å². The predicted octanol–water partition coefficient (Wildman–Crippen LogP) is 2.39. The van der Waals surface area contributed by atoms with Crippen LogP contribution in [-0.2, 0) is 4.74 Å². The van der Waals surface area contributed by atoms with Crippen molar-refractivity contribution in [1.82, 2.24) is 4.98 Å². The highest BCUT2D eigenvalue weighted by molar-refractivity contribution is 14.1. The van der Waals surface area contributed by atoms with E-state index in [1.165, 1.54) is 0 Å². The lowest BCUT2D eigenvalue weighted by Crippen LogP contribution is -1.98. The summed E-state index contributed by atoms with van der Waals surface area (Å²) in [5, 5.41) is 0. The van der Waals surface area contributed by atoms with Gasteiger partial charge in [0, 0.05) is 16.9 Å². The Morgan fingerprint density at radius 2 is 2.27 bits per heavy atom. The lowest BCUT2D eigenvalue weighted by molar-refractivity contribution is 0.116. The average Bonchev–Trinajstić information content (AvgIpc) is 2.05. The molecule has 1 atom stereocenters. The Hall–Kier alpha value is -0.160. The van der Waals surface area contributed by atoms with Crippen molar-refractivity contribution in [2.45, 2.75) is 13.0 Å². The standard InChI is InChI=1S/C8H10INO/c1-6(11-2)8-4-3-7(9)5-10-8/h3-6H,1-2H3/t6-/m0/s1. The molecule has 0 radical (unpaired) electrons. The van der Waals surface area contributed by atoms with Crippen molar-refractivity contribution in [2.75, 3.05) is 7.11 Å². The molecule has 0 unspecified atom stereocenters. The first-order chi connectivity index (χ1) is 5.24. The summed E-state index contributed by atoms with van der Waals surface area (Å²) in [6, 6.07) is 4.01. The summed E-state index contributed by atoms with van der Waals surface area (Å²) in [5.74, 6) is 0. The first kappa shape index (κ1) is 8.93. The molecule has 60 valence electrons. The highest BCUT2D eigenvalue weighted by Crippen LogP contribution is 2.13. The van der Waals surface area contributed by atoms with Gasteiger partial charge in [-0.3, -0.25) is 4.98 Å². The van der Waals surface area contributed by atoms with E-state index in [9.17, 15) is 0 Å². The van der Waals surface area contributed by atoms with E-state index < -0.39 is 0 Å². The van der Waals surface area contributed by atoms with E-state index in [4.69, 9.17) is 4.74 Å². The van der Waals surface area contributed by atoms with Gasteiger partial charge in [-0.05, 0) is 41.6 Å². The number of halogens is 1. The normalized spacial score (nSPS) is 13.0. The van der Waals surface area contributed by atoms with Crippen molar-refractivity contribution in [3.05, 3.63) is 27.6 Å². The Labute approximate surface area is 80.1 Å². The molecule has 0 saturated heterocycles. The highest BCUT2D eigenvalue weighted by atomic mass is 127. The quantitative estimate of drug-likeness (QED) is 0.764. The molecular formula is C8H10INO. The summed E-state index contributed by atoms with van der Waals surface area (Å²) in [4.78, 5) is 4.22. The maximum absolute atomic E-state index is 5.11. The monoisotopic (exact) mass is 263 g/mol. The maximum atomic E-state index is 5.11. The van der Waals surface area contributed by atoms with E-state index in [1.807, 2.05) is 25.3 Å². The Morgan fingerprint density at radius 3 is 2.73 bits per heavy atom. The number of nitrogens with zero attached hydrogens (tertiary/aromatic N) is 1. The van der Waals surface area contributed by atoms with Crippen LogP contribution in [0.2, 0.25) is 0 Å². The fourth-order valence-electron chi connectivity index (χ4n) is 0.748. The van der Waals surface area contributed by atoms with E-state index >= 15 is 0 Å². The molecule has 0 aromatic carbocycles. The molecule has 3 heteroatoms. The molecule has 0 N–H and O–H groups in total. The topological polar surface area (TPSA) is 22.1 Å². The van der Waals surface area contributed by atoms with E-state index in [0.717, 1.165) is 9.26 Å². The third kappa shape index (κ3) is 2.41. The Balaban J connectivity index is 2.81. The van der Waals surface area contributed by atoms with Gasteiger partial charge in [-0.25, -0.2) is 0 Å². The second-order valence-electron chi connectivity index (χ2n) is 2.28. The molecule has 0 aliphatic carbocycles. The molecule has 1 aromatic heterocycles. The minimum Gasteiger partial charge on any atom is -0.375 e. The summed E-state index contributed by atoms with van der Waals surface area (Å²) in [7, 11) is 1.68. The predicted molar refractivity (Wildman–Crippen MR) is 52.4 cm³/mol. The molecule has 0 saturated carbocycles. The van der Waals surface area contributed by atoms with Crippen molar-refractivity contribution in [3.8, 4) is 0 Å². The molecule has 0 amide bonds. The minimum absolute atomic E-state index is 0.0898. The average molecular weight is 263 g/mol. The zero-order valence-electron chi connectivity index (χ0n) is 6.54. The summed E-state index contributed by atoms with van der Waals surface area (Å²) < 4.78 is 6.26. The minimum atomic E-state index is 0.0898. The van der Waals surface area contributed by atoms with E-state index in [0.29, 0.717) is 0 Å². The summed E-state index contributed by atoms with van der Waals surface area (Å²) >= 11 is 2.23. The van der Waals surface area contributed by atoms with Gasteiger partial charge in [-0.15, -0.1) is 0 Å². The fraction of sp³-hybridized carbons (Fsp3) is 0.375. The molecule has 0 spiro atoms. The zero-order valence-corrected chi connectivity index (χ0v) is 8.70. The summed E-state index contributed by atoms with van der Waals surface area (Å²) in [6.45, 7) is 1.98. The lowest BCUT2D eigenvalue weighted by Gasteiger charge is -2.07. The fourth-order valence-corrected chi connectivity index (χ4v) is 1.07. The van der Waals surface area contributed by atoms with Crippen LogP contribution in [0.4, 0.5) is 0 Å². The van der Waals surface area contributed by atoms with Crippen molar-refractivity contribution < 1.29 is 4.74 Å². The van der Waals surface area contributed by atoms with Crippen LogP contribution in [-0.4, -0.2) is 12.1 Å². The Kier molecular flexibility index (Phi) is 3.26. The molecule has 1 aromatic rings. The molecular weight excluding hydrogens is 253 g/mol. The summed E-state index contributed by atoms with van der Waals surface area (Å²) in [6.07, 6.45) is 1.93. The van der Waals surface area contributed by atoms with Gasteiger partial charge in [0.25, 0.3) is 0 Å². The van der Waals surface area contributed by atoms with E-state index in [1.54, 1.807) is 7.11 Å². The number of methoxy groups -OCH3 is 1. The maximum Gasteiger partial charge on any atom is 0.0962 e. The molecule has 1 heterocycles. The van der Waals surface area contributed by atoms with Crippen LogP contribution in [0.25, 0.3) is 0 Å². The van der Waals surface area contributed by atoms with Crippen molar-refractivity contribution in [1.29, 1.82) is 0 Å². The molecule has 0 aliphatic rings. The van der Waals surface area contributed by atoms with Crippen molar-refractivity contribution in [2.24, 2.45) is 0 Å². The molecule has 11 heavy (non-hydrogen) atoms. The first-order valence-corrected chi connectivity index (χ1v) is 4.46. The lowest BCUT2D eigenvalue weighted by atomic mass is 10.2. The number of rotatable bonds is 2. The number of pyridine rings is 1. The van der Waals surface area contributed by atoms with Crippen molar-refractivity contribution in [3.63, 3.8) is 0 Å². The number of hydrogen-bond acceptors (Lipinski definition) is 2. The van der Waals surface area contributed by atoms with Gasteiger partial charge in [0.1, 0.15) is 0 Å². The van der Waals surface area contributed by atoms with Crippen LogP contribution < -0.4 is 0 Å².